The van der Waals surface area contributed by atoms with Crippen LogP contribution in [0.4, 0.5) is 0 Å². The summed E-state index contributed by atoms with van der Waals surface area (Å²) in [6, 6.07) is 8.39. The molecule has 6 heteroatoms. The second-order valence-corrected chi connectivity index (χ2v) is 4.83. The van der Waals surface area contributed by atoms with E-state index in [9.17, 15) is 0 Å². The van der Waals surface area contributed by atoms with E-state index in [-0.39, 0.29) is 0 Å². The molecule has 0 bridgehead atoms. The Hall–Kier alpha value is -2.37. The normalized spacial score (nSPS) is 11.5. The van der Waals surface area contributed by atoms with Gasteiger partial charge in [-0.2, -0.15) is 4.98 Å². The average Bonchev–Trinajstić information content (AvgIpc) is 2.88. The van der Waals surface area contributed by atoms with Crippen molar-refractivity contribution < 1.29 is 4.52 Å². The molecule has 0 spiro atoms. The number of aliphatic imine (C=N–C) groups is 1. The van der Waals surface area contributed by atoms with E-state index in [1.54, 1.807) is 7.05 Å². The Bertz CT molecular complexity index is 606. The van der Waals surface area contributed by atoms with Crippen LogP contribution in [0.1, 0.15) is 22.8 Å². The van der Waals surface area contributed by atoms with E-state index in [4.69, 9.17) is 4.52 Å². The molecule has 0 amide bonds. The summed E-state index contributed by atoms with van der Waals surface area (Å²) in [4.78, 5) is 8.35. The first kappa shape index (κ1) is 15.0. The molecule has 0 aliphatic heterocycles. The van der Waals surface area contributed by atoms with Crippen LogP contribution in [0.5, 0.6) is 0 Å². The van der Waals surface area contributed by atoms with Crippen molar-refractivity contribution in [2.24, 2.45) is 4.99 Å². The van der Waals surface area contributed by atoms with E-state index < -0.39 is 0 Å². The topological polar surface area (TPSA) is 75.3 Å². The van der Waals surface area contributed by atoms with Gasteiger partial charge in [0.1, 0.15) is 0 Å². The number of benzene rings is 1. The van der Waals surface area contributed by atoms with Crippen LogP contribution in [0.2, 0.25) is 0 Å². The zero-order valence-corrected chi connectivity index (χ0v) is 12.7. The third-order valence-corrected chi connectivity index (χ3v) is 2.97. The Morgan fingerprint density at radius 1 is 1.29 bits per heavy atom. The highest BCUT2D eigenvalue weighted by Gasteiger charge is 2.03. The Kier molecular flexibility index (Phi) is 5.31. The molecule has 1 aromatic heterocycles. The third kappa shape index (κ3) is 4.91. The van der Waals surface area contributed by atoms with Crippen molar-refractivity contribution in [3.63, 3.8) is 0 Å². The monoisotopic (exact) mass is 287 g/mol. The van der Waals surface area contributed by atoms with E-state index >= 15 is 0 Å². The van der Waals surface area contributed by atoms with Crippen LogP contribution in [-0.4, -0.2) is 29.7 Å². The highest BCUT2D eigenvalue weighted by Crippen LogP contribution is 2.03. The van der Waals surface area contributed by atoms with Crippen molar-refractivity contribution in [1.29, 1.82) is 0 Å². The molecule has 0 unspecified atom stereocenters. The van der Waals surface area contributed by atoms with Crippen LogP contribution in [0.3, 0.4) is 0 Å². The van der Waals surface area contributed by atoms with Crippen molar-refractivity contribution >= 4 is 5.96 Å². The fraction of sp³-hybridized carbons (Fsp3) is 0.400. The van der Waals surface area contributed by atoms with Crippen LogP contribution in [0.15, 0.2) is 33.8 Å². The molecule has 0 fully saturated rings. The molecule has 0 saturated heterocycles. The largest absolute Gasteiger partial charge is 0.356 e. The van der Waals surface area contributed by atoms with Crippen molar-refractivity contribution in [2.75, 3.05) is 13.6 Å². The molecule has 2 aromatic rings. The maximum atomic E-state index is 5.06. The second kappa shape index (κ2) is 7.42. The van der Waals surface area contributed by atoms with Gasteiger partial charge in [0.05, 0.1) is 0 Å². The molecule has 1 heterocycles. The van der Waals surface area contributed by atoms with E-state index in [0.717, 1.165) is 12.5 Å². The van der Waals surface area contributed by atoms with Gasteiger partial charge >= 0.3 is 0 Å². The smallest absolute Gasteiger partial charge is 0.228 e. The summed E-state index contributed by atoms with van der Waals surface area (Å²) in [5.41, 5.74) is 2.48. The van der Waals surface area contributed by atoms with Gasteiger partial charge < -0.3 is 15.2 Å². The van der Waals surface area contributed by atoms with E-state index in [1.807, 2.05) is 6.92 Å². The summed E-state index contributed by atoms with van der Waals surface area (Å²) in [6.07, 6.45) is 0.673. The van der Waals surface area contributed by atoms with Gasteiger partial charge in [0.2, 0.25) is 5.89 Å². The number of rotatable bonds is 5. The first-order valence-corrected chi connectivity index (χ1v) is 6.96. The number of nitrogens with one attached hydrogen (secondary N) is 2. The van der Waals surface area contributed by atoms with Gasteiger partial charge in [0.15, 0.2) is 11.8 Å². The van der Waals surface area contributed by atoms with Crippen LogP contribution >= 0.6 is 0 Å². The summed E-state index contributed by atoms with van der Waals surface area (Å²) < 4.78 is 5.06. The zero-order valence-electron chi connectivity index (χ0n) is 12.7. The predicted molar refractivity (Wildman–Crippen MR) is 82.1 cm³/mol. The summed E-state index contributed by atoms with van der Waals surface area (Å²) in [5.74, 6) is 2.05. The summed E-state index contributed by atoms with van der Waals surface area (Å²) >= 11 is 0. The maximum Gasteiger partial charge on any atom is 0.228 e. The first-order valence-electron chi connectivity index (χ1n) is 6.96. The zero-order chi connectivity index (χ0) is 15.1. The Morgan fingerprint density at radius 3 is 2.81 bits per heavy atom. The summed E-state index contributed by atoms with van der Waals surface area (Å²) in [5, 5.41) is 10.3. The molecular weight excluding hydrogens is 266 g/mol. The lowest BCUT2D eigenvalue weighted by molar-refractivity contribution is 0.374. The van der Waals surface area contributed by atoms with Crippen LogP contribution in [0, 0.1) is 13.8 Å². The lowest BCUT2D eigenvalue weighted by Crippen LogP contribution is -2.37. The highest BCUT2D eigenvalue weighted by atomic mass is 16.5. The van der Waals surface area contributed by atoms with Gasteiger partial charge in [-0.15, -0.1) is 0 Å². The van der Waals surface area contributed by atoms with Crippen LogP contribution < -0.4 is 10.6 Å². The summed E-state index contributed by atoms with van der Waals surface area (Å²) in [7, 11) is 1.75. The van der Waals surface area contributed by atoms with Gasteiger partial charge in [0.25, 0.3) is 0 Å². The van der Waals surface area contributed by atoms with Crippen LogP contribution in [-0.2, 0) is 13.0 Å². The average molecular weight is 287 g/mol. The Morgan fingerprint density at radius 2 is 2.14 bits per heavy atom. The molecule has 6 nitrogen and oxygen atoms in total. The van der Waals surface area contributed by atoms with Gasteiger partial charge in [-0.25, -0.2) is 0 Å². The SMILES string of the molecule is CN=C(NCCc1nc(C)no1)NCc1cccc(C)c1. The Labute approximate surface area is 124 Å². The molecule has 2 rings (SSSR count). The molecule has 0 radical (unpaired) electrons. The third-order valence-electron chi connectivity index (χ3n) is 2.97. The minimum Gasteiger partial charge on any atom is -0.356 e. The molecule has 0 atom stereocenters. The van der Waals surface area contributed by atoms with Crippen molar-refractivity contribution in [1.82, 2.24) is 20.8 Å². The lowest BCUT2D eigenvalue weighted by atomic mass is 10.1. The first-order chi connectivity index (χ1) is 10.2. The fourth-order valence-electron chi connectivity index (χ4n) is 1.96. The van der Waals surface area contributed by atoms with Gasteiger partial charge in [0, 0.05) is 26.6 Å². The molecule has 0 saturated carbocycles. The van der Waals surface area contributed by atoms with E-state index in [0.29, 0.717) is 24.7 Å². The molecule has 21 heavy (non-hydrogen) atoms. The fourth-order valence-corrected chi connectivity index (χ4v) is 1.96. The van der Waals surface area contributed by atoms with Crippen LogP contribution in [0.25, 0.3) is 0 Å². The minimum absolute atomic E-state index is 0.633. The molecule has 1 aromatic carbocycles. The number of hydrogen-bond acceptors (Lipinski definition) is 4. The van der Waals surface area contributed by atoms with Crippen molar-refractivity contribution in [3.05, 3.63) is 47.1 Å². The number of nitrogens with zero attached hydrogens (tertiary/aromatic N) is 3. The molecule has 0 aliphatic carbocycles. The summed E-state index contributed by atoms with van der Waals surface area (Å²) in [6.45, 7) is 5.32. The number of hydrogen-bond donors (Lipinski definition) is 2. The minimum atomic E-state index is 0.633. The second-order valence-electron chi connectivity index (χ2n) is 4.83. The standard InChI is InChI=1S/C15H21N5O/c1-11-5-4-6-13(9-11)10-18-15(16-3)17-8-7-14-19-12(2)20-21-14/h4-6,9H,7-8,10H2,1-3H3,(H2,16,17,18). The van der Waals surface area contributed by atoms with Gasteiger partial charge in [-0.1, -0.05) is 35.0 Å². The molecule has 0 aliphatic rings. The molecule has 2 N–H and O–H groups in total. The van der Waals surface area contributed by atoms with E-state index in [1.165, 1.54) is 11.1 Å². The number of aromatic nitrogens is 2. The van der Waals surface area contributed by atoms with E-state index in [2.05, 4.69) is 57.0 Å². The van der Waals surface area contributed by atoms with Gasteiger partial charge in [-0.3, -0.25) is 4.99 Å². The lowest BCUT2D eigenvalue weighted by Gasteiger charge is -2.11. The predicted octanol–water partition coefficient (Wildman–Crippen LogP) is 1.59. The molecule has 112 valence electrons. The number of guanidine groups is 1. The van der Waals surface area contributed by atoms with Crippen molar-refractivity contribution in [2.45, 2.75) is 26.8 Å². The molecular formula is C15H21N5O. The number of aryl methyl sites for hydroxylation is 2. The Balaban J connectivity index is 1.76. The van der Waals surface area contributed by atoms with Crippen molar-refractivity contribution in [3.8, 4) is 0 Å². The quantitative estimate of drug-likeness (QED) is 0.645. The van der Waals surface area contributed by atoms with Gasteiger partial charge in [-0.05, 0) is 19.4 Å². The maximum absolute atomic E-state index is 5.06. The highest BCUT2D eigenvalue weighted by molar-refractivity contribution is 5.79.